The predicted octanol–water partition coefficient (Wildman–Crippen LogP) is 3.02. The Hall–Kier alpha value is -2.29. The van der Waals surface area contributed by atoms with Gasteiger partial charge in [0.05, 0.1) is 17.9 Å². The maximum atomic E-state index is 13.6. The third-order valence-corrected chi connectivity index (χ3v) is 8.12. The van der Waals surface area contributed by atoms with Gasteiger partial charge in [0.25, 0.3) is 0 Å². The lowest BCUT2D eigenvalue weighted by atomic mass is 9.99. The van der Waals surface area contributed by atoms with E-state index < -0.39 is 21.6 Å². The van der Waals surface area contributed by atoms with Crippen LogP contribution in [0.2, 0.25) is 0 Å². The van der Waals surface area contributed by atoms with Crippen molar-refractivity contribution >= 4 is 15.9 Å². The molecule has 0 aliphatic carbocycles. The van der Waals surface area contributed by atoms with Crippen LogP contribution >= 0.6 is 0 Å². The maximum Gasteiger partial charge on any atom is 0.245 e. The minimum absolute atomic E-state index is 0.0296. The van der Waals surface area contributed by atoms with E-state index in [1.165, 1.54) is 22.5 Å². The Morgan fingerprint density at radius 2 is 1.84 bits per heavy atom. The van der Waals surface area contributed by atoms with Crippen molar-refractivity contribution in [3.63, 3.8) is 0 Å². The van der Waals surface area contributed by atoms with Crippen LogP contribution in [-0.2, 0) is 26.0 Å². The highest BCUT2D eigenvalue weighted by molar-refractivity contribution is 7.89. The van der Waals surface area contributed by atoms with Crippen molar-refractivity contribution in [1.82, 2.24) is 9.21 Å². The average Bonchev–Trinajstić information content (AvgIpc) is 3.14. The Labute approximate surface area is 182 Å². The van der Waals surface area contributed by atoms with Gasteiger partial charge >= 0.3 is 0 Å². The molecule has 166 valence electrons. The summed E-state index contributed by atoms with van der Waals surface area (Å²) >= 11 is 0. The second kappa shape index (κ2) is 8.33. The molecule has 2 aromatic rings. The molecule has 2 aliphatic heterocycles. The van der Waals surface area contributed by atoms with Gasteiger partial charge in [0.1, 0.15) is 11.5 Å². The fourth-order valence-corrected chi connectivity index (χ4v) is 6.25. The molecular weight excluding hydrogens is 419 g/mol. The molecule has 1 spiro atoms. The zero-order valence-electron chi connectivity index (χ0n) is 17.8. The number of carbonyl (C=O) groups is 1. The Kier molecular flexibility index (Phi) is 5.89. The number of halogens is 1. The number of piperidine rings is 1. The molecular formula is C23H27FN2O4S. The summed E-state index contributed by atoms with van der Waals surface area (Å²) in [4.78, 5) is 14.6. The van der Waals surface area contributed by atoms with Gasteiger partial charge in [-0.1, -0.05) is 29.8 Å². The fourth-order valence-electron chi connectivity index (χ4n) is 4.45. The summed E-state index contributed by atoms with van der Waals surface area (Å²) < 4.78 is 47.6. The molecule has 2 fully saturated rings. The highest BCUT2D eigenvalue weighted by Crippen LogP contribution is 2.38. The zero-order valence-corrected chi connectivity index (χ0v) is 18.6. The number of hydrogen-bond acceptors (Lipinski definition) is 4. The van der Waals surface area contributed by atoms with Crippen LogP contribution in [0.15, 0.2) is 47.4 Å². The number of rotatable bonds is 4. The Morgan fingerprint density at radius 3 is 2.52 bits per heavy atom. The van der Waals surface area contributed by atoms with Gasteiger partial charge in [-0.25, -0.2) is 12.8 Å². The number of nitrogens with zero attached hydrogens (tertiary/aromatic N) is 2. The van der Waals surface area contributed by atoms with Crippen molar-refractivity contribution in [2.75, 3.05) is 26.2 Å². The average molecular weight is 447 g/mol. The van der Waals surface area contributed by atoms with Gasteiger partial charge in [-0.3, -0.25) is 4.79 Å². The Bertz CT molecular complexity index is 1090. The molecule has 2 aromatic carbocycles. The SMILES string of the molecule is Cc1cccc(CC(=O)N2CCC3(CC2)OCCN3S(=O)(=O)c2ccc(F)c(C)c2)c1. The van der Waals surface area contributed by atoms with Crippen molar-refractivity contribution in [2.45, 2.75) is 43.7 Å². The molecule has 2 saturated heterocycles. The molecule has 31 heavy (non-hydrogen) atoms. The van der Waals surface area contributed by atoms with Crippen molar-refractivity contribution < 1.29 is 22.3 Å². The lowest BCUT2D eigenvalue weighted by Crippen LogP contribution is -2.55. The summed E-state index contributed by atoms with van der Waals surface area (Å²) in [6.07, 6.45) is 1.14. The first-order chi connectivity index (χ1) is 14.7. The number of benzene rings is 2. The van der Waals surface area contributed by atoms with Gasteiger partial charge in [-0.15, -0.1) is 0 Å². The van der Waals surface area contributed by atoms with Crippen molar-refractivity contribution in [3.8, 4) is 0 Å². The fraction of sp³-hybridized carbons (Fsp3) is 0.435. The molecule has 0 radical (unpaired) electrons. The number of ether oxygens (including phenoxy) is 1. The van der Waals surface area contributed by atoms with Gasteiger partial charge in [0, 0.05) is 32.5 Å². The molecule has 4 rings (SSSR count). The van der Waals surface area contributed by atoms with Crippen LogP contribution in [0.1, 0.15) is 29.5 Å². The van der Waals surface area contributed by atoms with Crippen LogP contribution in [0.4, 0.5) is 4.39 Å². The van der Waals surface area contributed by atoms with Crippen LogP contribution < -0.4 is 0 Å². The van der Waals surface area contributed by atoms with Crippen molar-refractivity contribution in [1.29, 1.82) is 0 Å². The van der Waals surface area contributed by atoms with Crippen LogP contribution in [-0.4, -0.2) is 55.5 Å². The lowest BCUT2D eigenvalue weighted by molar-refractivity contribution is -0.139. The number of sulfonamides is 1. The second-order valence-corrected chi connectivity index (χ2v) is 10.2. The Morgan fingerprint density at radius 1 is 1.10 bits per heavy atom. The molecule has 1 amide bonds. The standard InChI is InChI=1S/C23H27FN2O4S/c1-17-4-3-5-19(14-17)16-22(27)25-10-8-23(9-11-25)26(12-13-30-23)31(28,29)20-6-7-21(24)18(2)15-20/h3-7,14-15H,8-13,16H2,1-2H3. The summed E-state index contributed by atoms with van der Waals surface area (Å²) in [5.41, 5.74) is 1.41. The minimum atomic E-state index is -3.84. The predicted molar refractivity (Wildman–Crippen MR) is 114 cm³/mol. The molecule has 0 aromatic heterocycles. The maximum absolute atomic E-state index is 13.6. The Balaban J connectivity index is 1.47. The topological polar surface area (TPSA) is 66.9 Å². The molecule has 0 N–H and O–H groups in total. The molecule has 0 saturated carbocycles. The largest absolute Gasteiger partial charge is 0.358 e. The highest BCUT2D eigenvalue weighted by atomic mass is 32.2. The van der Waals surface area contributed by atoms with Gasteiger partial charge in [0.15, 0.2) is 0 Å². The van der Waals surface area contributed by atoms with Crippen LogP contribution in [0.25, 0.3) is 0 Å². The van der Waals surface area contributed by atoms with Crippen molar-refractivity contribution in [2.24, 2.45) is 0 Å². The summed E-state index contributed by atoms with van der Waals surface area (Å²) in [6.45, 7) is 4.95. The summed E-state index contributed by atoms with van der Waals surface area (Å²) in [7, 11) is -3.84. The van der Waals surface area contributed by atoms with Crippen LogP contribution in [0, 0.1) is 19.7 Å². The number of amides is 1. The zero-order chi connectivity index (χ0) is 22.2. The quantitative estimate of drug-likeness (QED) is 0.724. The van der Waals surface area contributed by atoms with E-state index in [1.54, 1.807) is 11.8 Å². The normalized spacial score (nSPS) is 19.1. The van der Waals surface area contributed by atoms with E-state index in [4.69, 9.17) is 4.74 Å². The molecule has 2 aliphatic rings. The second-order valence-electron chi connectivity index (χ2n) is 8.33. The number of hydrogen-bond donors (Lipinski definition) is 0. The van der Waals surface area contributed by atoms with Crippen molar-refractivity contribution in [3.05, 3.63) is 65.0 Å². The van der Waals surface area contributed by atoms with E-state index in [0.717, 1.165) is 11.1 Å². The van der Waals surface area contributed by atoms with E-state index in [1.807, 2.05) is 31.2 Å². The summed E-state index contributed by atoms with van der Waals surface area (Å²) in [6, 6.07) is 11.7. The van der Waals surface area contributed by atoms with E-state index in [-0.39, 0.29) is 22.9 Å². The van der Waals surface area contributed by atoms with E-state index in [9.17, 15) is 17.6 Å². The number of carbonyl (C=O) groups excluding carboxylic acids is 1. The van der Waals surface area contributed by atoms with Gasteiger partial charge in [0.2, 0.25) is 15.9 Å². The summed E-state index contributed by atoms with van der Waals surface area (Å²) in [5.74, 6) is -0.409. The van der Waals surface area contributed by atoms with Gasteiger partial charge in [-0.2, -0.15) is 4.31 Å². The third-order valence-electron chi connectivity index (χ3n) is 6.17. The molecule has 0 bridgehead atoms. The summed E-state index contributed by atoms with van der Waals surface area (Å²) in [5, 5.41) is 0. The molecule has 6 nitrogen and oxygen atoms in total. The molecule has 0 atom stereocenters. The first kappa shape index (κ1) is 21.9. The minimum Gasteiger partial charge on any atom is -0.358 e. The number of likely N-dealkylation sites (tertiary alicyclic amines) is 1. The van der Waals surface area contributed by atoms with Gasteiger partial charge < -0.3 is 9.64 Å². The van der Waals surface area contributed by atoms with E-state index >= 15 is 0 Å². The lowest BCUT2D eigenvalue weighted by Gasteiger charge is -2.42. The third kappa shape index (κ3) is 4.24. The molecule has 8 heteroatoms. The number of aryl methyl sites for hydroxylation is 2. The highest BCUT2D eigenvalue weighted by Gasteiger charge is 2.51. The smallest absolute Gasteiger partial charge is 0.245 e. The monoisotopic (exact) mass is 446 g/mol. The van der Waals surface area contributed by atoms with Crippen LogP contribution in [0.5, 0.6) is 0 Å². The van der Waals surface area contributed by atoms with E-state index in [0.29, 0.717) is 39.0 Å². The molecule has 0 unspecified atom stereocenters. The first-order valence-electron chi connectivity index (χ1n) is 10.5. The van der Waals surface area contributed by atoms with Gasteiger partial charge in [-0.05, 0) is 43.2 Å². The van der Waals surface area contributed by atoms with Crippen LogP contribution in [0.3, 0.4) is 0 Å². The molecule has 2 heterocycles. The van der Waals surface area contributed by atoms with E-state index in [2.05, 4.69) is 0 Å². The first-order valence-corrected chi connectivity index (χ1v) is 11.9.